The van der Waals surface area contributed by atoms with Crippen LogP contribution in [-0.2, 0) is 4.74 Å². The molecule has 0 fully saturated rings. The fourth-order valence-corrected chi connectivity index (χ4v) is 2.23. The Bertz CT molecular complexity index is 609. The van der Waals surface area contributed by atoms with Crippen LogP contribution in [0.15, 0.2) is 53.0 Å². The molecular formula is C14H9BrO3. The van der Waals surface area contributed by atoms with Crippen LogP contribution in [0.4, 0.5) is 0 Å². The fourth-order valence-electron chi connectivity index (χ4n) is 1.86. The summed E-state index contributed by atoms with van der Waals surface area (Å²) in [6, 6.07) is 14.7. The lowest BCUT2D eigenvalue weighted by molar-refractivity contribution is -0.0385. The molecule has 0 aromatic heterocycles. The van der Waals surface area contributed by atoms with Gasteiger partial charge in [-0.3, -0.25) is 0 Å². The predicted molar refractivity (Wildman–Crippen MR) is 69.4 cm³/mol. The molecule has 18 heavy (non-hydrogen) atoms. The molecular weight excluding hydrogens is 296 g/mol. The first-order chi connectivity index (χ1) is 8.75. The Morgan fingerprint density at radius 3 is 2.61 bits per heavy atom. The highest BCUT2D eigenvalue weighted by atomic mass is 79.9. The number of para-hydroxylation sites is 1. The van der Waals surface area contributed by atoms with E-state index in [2.05, 4.69) is 15.9 Å². The molecule has 2 aromatic carbocycles. The molecule has 0 bridgehead atoms. The van der Waals surface area contributed by atoms with E-state index in [9.17, 15) is 4.79 Å². The summed E-state index contributed by atoms with van der Waals surface area (Å²) in [5.41, 5.74) is 1.33. The van der Waals surface area contributed by atoms with Crippen molar-refractivity contribution in [2.45, 2.75) is 6.29 Å². The first kappa shape index (κ1) is 11.3. The van der Waals surface area contributed by atoms with Crippen LogP contribution in [0.25, 0.3) is 0 Å². The van der Waals surface area contributed by atoms with Gasteiger partial charge in [-0.2, -0.15) is 0 Å². The molecule has 1 atom stereocenters. The predicted octanol–water partition coefficient (Wildman–Crippen LogP) is 3.70. The molecule has 2 aromatic rings. The molecule has 0 N–H and O–H groups in total. The van der Waals surface area contributed by atoms with Crippen LogP contribution in [0, 0.1) is 0 Å². The van der Waals surface area contributed by atoms with Gasteiger partial charge in [0.25, 0.3) is 6.29 Å². The highest BCUT2D eigenvalue weighted by Crippen LogP contribution is 2.35. The molecule has 1 unspecified atom stereocenters. The van der Waals surface area contributed by atoms with Crippen LogP contribution in [0.3, 0.4) is 0 Å². The van der Waals surface area contributed by atoms with Crippen LogP contribution >= 0.6 is 15.9 Å². The van der Waals surface area contributed by atoms with Gasteiger partial charge in [-0.15, -0.1) is 0 Å². The van der Waals surface area contributed by atoms with Crippen molar-refractivity contribution in [2.24, 2.45) is 0 Å². The van der Waals surface area contributed by atoms with Crippen LogP contribution in [-0.4, -0.2) is 5.97 Å². The van der Waals surface area contributed by atoms with E-state index in [1.165, 1.54) is 0 Å². The number of cyclic esters (lactones) is 1. The van der Waals surface area contributed by atoms with Crippen LogP contribution in [0.1, 0.15) is 22.2 Å². The Labute approximate surface area is 112 Å². The van der Waals surface area contributed by atoms with E-state index in [0.29, 0.717) is 11.3 Å². The van der Waals surface area contributed by atoms with Gasteiger partial charge < -0.3 is 9.47 Å². The average molecular weight is 305 g/mol. The van der Waals surface area contributed by atoms with Crippen LogP contribution in [0.5, 0.6) is 5.75 Å². The zero-order valence-corrected chi connectivity index (χ0v) is 10.9. The molecule has 0 saturated heterocycles. The first-order valence-electron chi connectivity index (χ1n) is 5.47. The summed E-state index contributed by atoms with van der Waals surface area (Å²) in [5.74, 6) is 0.301. The molecule has 0 spiro atoms. The molecule has 3 nitrogen and oxygen atoms in total. The summed E-state index contributed by atoms with van der Waals surface area (Å²) in [5, 5.41) is 0. The summed E-state index contributed by atoms with van der Waals surface area (Å²) in [6.07, 6.45) is -0.674. The monoisotopic (exact) mass is 304 g/mol. The lowest BCUT2D eigenvalue weighted by Gasteiger charge is -2.14. The molecule has 1 heterocycles. The average Bonchev–Trinajstić information content (AvgIpc) is 2.70. The molecule has 0 amide bonds. The van der Waals surface area contributed by atoms with Gasteiger partial charge in [-0.05, 0) is 34.1 Å². The Balaban J connectivity index is 1.92. The van der Waals surface area contributed by atoms with Crippen molar-refractivity contribution in [3.63, 3.8) is 0 Å². The number of benzene rings is 2. The van der Waals surface area contributed by atoms with Gasteiger partial charge in [0, 0.05) is 5.56 Å². The smallest absolute Gasteiger partial charge is 0.342 e. The minimum Gasteiger partial charge on any atom is -0.449 e. The third kappa shape index (κ3) is 1.88. The minimum atomic E-state index is -0.674. The molecule has 0 aliphatic carbocycles. The van der Waals surface area contributed by atoms with Crippen LogP contribution < -0.4 is 4.74 Å². The van der Waals surface area contributed by atoms with Crippen molar-refractivity contribution in [3.05, 3.63) is 64.1 Å². The van der Waals surface area contributed by atoms with Crippen molar-refractivity contribution < 1.29 is 14.3 Å². The topological polar surface area (TPSA) is 35.5 Å². The SMILES string of the molecule is O=C1OC(Oc2ccccc2Br)c2ccccc21. The highest BCUT2D eigenvalue weighted by Gasteiger charge is 2.32. The van der Waals surface area contributed by atoms with E-state index in [1.54, 1.807) is 12.1 Å². The van der Waals surface area contributed by atoms with Crippen molar-refractivity contribution in [1.82, 2.24) is 0 Å². The summed E-state index contributed by atoms with van der Waals surface area (Å²) in [7, 11) is 0. The third-order valence-corrected chi connectivity index (χ3v) is 3.37. The summed E-state index contributed by atoms with van der Waals surface area (Å²) in [4.78, 5) is 11.6. The van der Waals surface area contributed by atoms with Gasteiger partial charge in [-0.1, -0.05) is 30.3 Å². The second-order valence-electron chi connectivity index (χ2n) is 3.87. The standard InChI is InChI=1S/C14H9BrO3/c15-11-7-3-4-8-12(11)17-14-10-6-2-1-5-9(10)13(16)18-14/h1-8,14H. The maximum atomic E-state index is 11.6. The van der Waals surface area contributed by atoms with Gasteiger partial charge in [0.15, 0.2) is 0 Å². The lowest BCUT2D eigenvalue weighted by atomic mass is 10.1. The number of esters is 1. The van der Waals surface area contributed by atoms with Gasteiger partial charge in [0.1, 0.15) is 5.75 Å². The Morgan fingerprint density at radius 1 is 1.06 bits per heavy atom. The molecule has 4 heteroatoms. The summed E-state index contributed by atoms with van der Waals surface area (Å²) < 4.78 is 11.7. The lowest BCUT2D eigenvalue weighted by Crippen LogP contribution is -2.07. The quantitative estimate of drug-likeness (QED) is 0.794. The highest BCUT2D eigenvalue weighted by molar-refractivity contribution is 9.10. The number of carbonyl (C=O) groups is 1. The molecule has 1 aliphatic rings. The Hall–Kier alpha value is -1.81. The Kier molecular flexibility index (Phi) is 2.80. The van der Waals surface area contributed by atoms with Crippen molar-refractivity contribution in [3.8, 4) is 5.75 Å². The van der Waals surface area contributed by atoms with Gasteiger partial charge in [0.05, 0.1) is 10.0 Å². The van der Waals surface area contributed by atoms with Crippen molar-refractivity contribution in [1.29, 1.82) is 0 Å². The largest absolute Gasteiger partial charge is 0.449 e. The minimum absolute atomic E-state index is 0.345. The molecule has 3 rings (SSSR count). The second kappa shape index (κ2) is 4.46. The first-order valence-corrected chi connectivity index (χ1v) is 6.26. The van der Waals surface area contributed by atoms with Gasteiger partial charge in [0.2, 0.25) is 0 Å². The van der Waals surface area contributed by atoms with E-state index < -0.39 is 6.29 Å². The van der Waals surface area contributed by atoms with E-state index in [1.807, 2.05) is 36.4 Å². The van der Waals surface area contributed by atoms with E-state index in [0.717, 1.165) is 10.0 Å². The molecule has 90 valence electrons. The number of hydrogen-bond acceptors (Lipinski definition) is 3. The van der Waals surface area contributed by atoms with Crippen molar-refractivity contribution >= 4 is 21.9 Å². The summed E-state index contributed by atoms with van der Waals surface area (Å²) >= 11 is 3.39. The van der Waals surface area contributed by atoms with Crippen molar-refractivity contribution in [2.75, 3.05) is 0 Å². The summed E-state index contributed by atoms with van der Waals surface area (Å²) in [6.45, 7) is 0. The number of ether oxygens (including phenoxy) is 2. The number of hydrogen-bond donors (Lipinski definition) is 0. The second-order valence-corrected chi connectivity index (χ2v) is 4.73. The van der Waals surface area contributed by atoms with Gasteiger partial charge in [-0.25, -0.2) is 4.79 Å². The Morgan fingerprint density at radius 2 is 1.78 bits per heavy atom. The zero-order valence-electron chi connectivity index (χ0n) is 9.30. The van der Waals surface area contributed by atoms with Gasteiger partial charge >= 0.3 is 5.97 Å². The van der Waals surface area contributed by atoms with E-state index in [-0.39, 0.29) is 5.97 Å². The zero-order chi connectivity index (χ0) is 12.5. The molecule has 0 radical (unpaired) electrons. The third-order valence-electron chi connectivity index (χ3n) is 2.72. The number of carbonyl (C=O) groups excluding carboxylic acids is 1. The fraction of sp³-hybridized carbons (Fsp3) is 0.0714. The maximum Gasteiger partial charge on any atom is 0.342 e. The normalized spacial score (nSPS) is 17.2. The maximum absolute atomic E-state index is 11.6. The number of fused-ring (bicyclic) bond motifs is 1. The number of halogens is 1. The number of rotatable bonds is 2. The van der Waals surface area contributed by atoms with Crippen LogP contribution in [0.2, 0.25) is 0 Å². The van der Waals surface area contributed by atoms with E-state index in [4.69, 9.17) is 9.47 Å². The molecule has 1 aliphatic heterocycles. The van der Waals surface area contributed by atoms with E-state index >= 15 is 0 Å². The molecule has 0 saturated carbocycles.